The molecular weight excluding hydrogens is 376 g/mol. The standard InChI is InChI=1S/C24H22N4O2/c1-26-22(30)27(2)24(19-14-8-4-9-15-19)23(26,18-12-6-3-7-13-18)25-21(29)28(24)20-16-10-5-11-17-20/h3-17H,1-2H3,(H,25,29)/t23-,24-/m0/s1. The fourth-order valence-corrected chi connectivity index (χ4v) is 5.05. The summed E-state index contributed by atoms with van der Waals surface area (Å²) in [5, 5.41) is 3.19. The normalized spacial score (nSPS) is 25.5. The molecule has 0 saturated carbocycles. The molecule has 0 aromatic heterocycles. The molecule has 2 heterocycles. The Bertz CT molecular complexity index is 1110. The van der Waals surface area contributed by atoms with Crippen molar-refractivity contribution in [2.24, 2.45) is 0 Å². The van der Waals surface area contributed by atoms with Gasteiger partial charge in [-0.15, -0.1) is 0 Å². The second-order valence-electron chi connectivity index (χ2n) is 7.62. The number of para-hydroxylation sites is 1. The maximum atomic E-state index is 13.6. The number of benzene rings is 3. The van der Waals surface area contributed by atoms with Gasteiger partial charge in [0.25, 0.3) is 0 Å². The molecule has 30 heavy (non-hydrogen) atoms. The zero-order valence-corrected chi connectivity index (χ0v) is 16.8. The molecule has 2 saturated heterocycles. The summed E-state index contributed by atoms with van der Waals surface area (Å²) < 4.78 is 0. The Morgan fingerprint density at radius 2 is 1.17 bits per heavy atom. The van der Waals surface area contributed by atoms with Gasteiger partial charge in [-0.1, -0.05) is 78.9 Å². The lowest BCUT2D eigenvalue weighted by molar-refractivity contribution is 0.0784. The molecule has 0 aliphatic carbocycles. The SMILES string of the molecule is CN1C(=O)N(C)[C@]2(c3ccccc3)NC(=O)N(c3ccccc3)[C@]12c1ccccc1. The second-order valence-corrected chi connectivity index (χ2v) is 7.62. The van der Waals surface area contributed by atoms with Crippen molar-refractivity contribution in [3.63, 3.8) is 0 Å². The van der Waals surface area contributed by atoms with Crippen LogP contribution in [0.5, 0.6) is 0 Å². The van der Waals surface area contributed by atoms with E-state index in [9.17, 15) is 9.59 Å². The van der Waals surface area contributed by atoms with Crippen LogP contribution in [0, 0.1) is 0 Å². The smallest absolute Gasteiger partial charge is 0.307 e. The summed E-state index contributed by atoms with van der Waals surface area (Å²) in [5.74, 6) is 0. The van der Waals surface area contributed by atoms with Gasteiger partial charge in [-0.05, 0) is 12.1 Å². The average Bonchev–Trinajstić information content (AvgIpc) is 3.17. The van der Waals surface area contributed by atoms with Crippen LogP contribution < -0.4 is 10.2 Å². The van der Waals surface area contributed by atoms with Gasteiger partial charge in [0.15, 0.2) is 11.3 Å². The lowest BCUT2D eigenvalue weighted by atomic mass is 9.80. The summed E-state index contributed by atoms with van der Waals surface area (Å²) >= 11 is 0. The van der Waals surface area contributed by atoms with Gasteiger partial charge in [0.1, 0.15) is 0 Å². The van der Waals surface area contributed by atoms with Crippen LogP contribution in [0.15, 0.2) is 91.0 Å². The summed E-state index contributed by atoms with van der Waals surface area (Å²) in [5.41, 5.74) is 0.151. The molecule has 1 N–H and O–H groups in total. The van der Waals surface area contributed by atoms with Crippen molar-refractivity contribution < 1.29 is 9.59 Å². The Morgan fingerprint density at radius 3 is 1.73 bits per heavy atom. The average molecular weight is 398 g/mol. The molecule has 3 aromatic carbocycles. The highest BCUT2D eigenvalue weighted by Crippen LogP contribution is 2.57. The molecule has 0 radical (unpaired) electrons. The van der Waals surface area contributed by atoms with E-state index in [0.717, 1.165) is 11.1 Å². The number of fused-ring (bicyclic) bond motifs is 1. The molecular formula is C24H22N4O2. The van der Waals surface area contributed by atoms with Gasteiger partial charge in [0, 0.05) is 30.9 Å². The molecule has 2 aliphatic heterocycles. The lowest BCUT2D eigenvalue weighted by Crippen LogP contribution is -2.62. The zero-order chi connectivity index (χ0) is 20.9. The van der Waals surface area contributed by atoms with Crippen molar-refractivity contribution in [1.29, 1.82) is 0 Å². The number of hydrogen-bond acceptors (Lipinski definition) is 2. The van der Waals surface area contributed by atoms with Crippen LogP contribution >= 0.6 is 0 Å². The van der Waals surface area contributed by atoms with Crippen molar-refractivity contribution in [3.8, 4) is 0 Å². The molecule has 0 bridgehead atoms. The molecule has 150 valence electrons. The Kier molecular flexibility index (Phi) is 3.86. The number of anilines is 1. The summed E-state index contributed by atoms with van der Waals surface area (Å²) in [6.07, 6.45) is 0. The van der Waals surface area contributed by atoms with E-state index in [4.69, 9.17) is 0 Å². The van der Waals surface area contributed by atoms with Gasteiger partial charge in [0.05, 0.1) is 0 Å². The molecule has 6 heteroatoms. The Hall–Kier alpha value is -3.80. The van der Waals surface area contributed by atoms with E-state index >= 15 is 0 Å². The van der Waals surface area contributed by atoms with E-state index in [1.807, 2.05) is 91.0 Å². The lowest BCUT2D eigenvalue weighted by Gasteiger charge is -2.47. The third kappa shape index (κ3) is 2.03. The van der Waals surface area contributed by atoms with Gasteiger partial charge >= 0.3 is 12.1 Å². The van der Waals surface area contributed by atoms with Gasteiger partial charge in [0.2, 0.25) is 0 Å². The van der Waals surface area contributed by atoms with E-state index < -0.39 is 11.3 Å². The Labute approximate surface area is 175 Å². The van der Waals surface area contributed by atoms with Crippen molar-refractivity contribution in [3.05, 3.63) is 102 Å². The summed E-state index contributed by atoms with van der Waals surface area (Å²) in [6, 6.07) is 28.5. The maximum absolute atomic E-state index is 13.6. The second kappa shape index (κ2) is 6.35. The Balaban J connectivity index is 1.91. The van der Waals surface area contributed by atoms with Gasteiger partial charge in [-0.2, -0.15) is 0 Å². The predicted octanol–water partition coefficient (Wildman–Crippen LogP) is 3.92. The fraction of sp³-hybridized carbons (Fsp3) is 0.167. The molecule has 0 spiro atoms. The van der Waals surface area contributed by atoms with Crippen LogP contribution in [0.25, 0.3) is 0 Å². The van der Waals surface area contributed by atoms with Crippen molar-refractivity contribution in [1.82, 2.24) is 15.1 Å². The first kappa shape index (κ1) is 18.2. The maximum Gasteiger partial charge on any atom is 0.326 e. The van der Waals surface area contributed by atoms with Crippen molar-refractivity contribution in [2.45, 2.75) is 11.3 Å². The fourth-order valence-electron chi connectivity index (χ4n) is 5.05. The number of carbonyl (C=O) groups is 2. The largest absolute Gasteiger partial charge is 0.326 e. The van der Waals surface area contributed by atoms with E-state index in [0.29, 0.717) is 5.69 Å². The monoisotopic (exact) mass is 398 g/mol. The minimum Gasteiger partial charge on any atom is -0.307 e. The van der Waals surface area contributed by atoms with Gasteiger partial charge in [-0.3, -0.25) is 14.7 Å². The number of urea groups is 2. The third-order valence-electron chi connectivity index (χ3n) is 6.26. The van der Waals surface area contributed by atoms with Crippen LogP contribution in [0.4, 0.5) is 15.3 Å². The molecule has 0 unspecified atom stereocenters. The van der Waals surface area contributed by atoms with Crippen LogP contribution in [0.2, 0.25) is 0 Å². The molecule has 2 fully saturated rings. The molecule has 2 atom stereocenters. The van der Waals surface area contributed by atoms with Crippen LogP contribution in [0.1, 0.15) is 11.1 Å². The highest BCUT2D eigenvalue weighted by Gasteiger charge is 2.75. The molecule has 5 rings (SSSR count). The van der Waals surface area contributed by atoms with E-state index in [1.54, 1.807) is 28.8 Å². The zero-order valence-electron chi connectivity index (χ0n) is 16.8. The van der Waals surface area contributed by atoms with Crippen LogP contribution in [-0.2, 0) is 11.3 Å². The van der Waals surface area contributed by atoms with Crippen LogP contribution in [-0.4, -0.2) is 36.0 Å². The first-order chi connectivity index (χ1) is 14.5. The number of hydrogen-bond donors (Lipinski definition) is 1. The molecule has 4 amide bonds. The highest BCUT2D eigenvalue weighted by atomic mass is 16.2. The van der Waals surface area contributed by atoms with E-state index in [1.165, 1.54) is 0 Å². The minimum absolute atomic E-state index is 0.177. The predicted molar refractivity (Wildman–Crippen MR) is 115 cm³/mol. The van der Waals surface area contributed by atoms with Crippen molar-refractivity contribution >= 4 is 17.7 Å². The summed E-state index contributed by atoms with van der Waals surface area (Å²) in [4.78, 5) is 32.0. The topological polar surface area (TPSA) is 55.9 Å². The van der Waals surface area contributed by atoms with E-state index in [-0.39, 0.29) is 12.1 Å². The quantitative estimate of drug-likeness (QED) is 0.727. The molecule has 2 aliphatic rings. The number of likely N-dealkylation sites (N-methyl/N-ethyl adjacent to an activating group) is 2. The third-order valence-corrected chi connectivity index (χ3v) is 6.26. The first-order valence-electron chi connectivity index (χ1n) is 9.85. The molecule has 6 nitrogen and oxygen atoms in total. The number of amides is 4. The minimum atomic E-state index is -1.13. The first-order valence-corrected chi connectivity index (χ1v) is 9.85. The molecule has 3 aromatic rings. The number of nitrogens with zero attached hydrogens (tertiary/aromatic N) is 3. The van der Waals surface area contributed by atoms with Gasteiger partial charge < -0.3 is 5.32 Å². The number of carbonyl (C=O) groups excluding carboxylic acids is 2. The summed E-state index contributed by atoms with van der Waals surface area (Å²) in [6.45, 7) is 0. The van der Waals surface area contributed by atoms with Gasteiger partial charge in [-0.25, -0.2) is 9.59 Å². The number of nitrogens with one attached hydrogen (secondary N) is 1. The van der Waals surface area contributed by atoms with Crippen molar-refractivity contribution in [2.75, 3.05) is 19.0 Å². The van der Waals surface area contributed by atoms with E-state index in [2.05, 4.69) is 5.32 Å². The van der Waals surface area contributed by atoms with Crippen LogP contribution in [0.3, 0.4) is 0 Å². The number of rotatable bonds is 3. The summed E-state index contributed by atoms with van der Waals surface area (Å²) in [7, 11) is 3.50. The highest BCUT2D eigenvalue weighted by molar-refractivity contribution is 6.01. The Morgan fingerprint density at radius 1 is 0.667 bits per heavy atom.